The zero-order chi connectivity index (χ0) is 9.19. The maximum absolute atomic E-state index is 3.29. The van der Waals surface area contributed by atoms with Crippen LogP contribution in [-0.2, 0) is 0 Å². The maximum Gasteiger partial charge on any atom is -0.00978 e. The van der Waals surface area contributed by atoms with Gasteiger partial charge in [-0.3, -0.25) is 0 Å². The van der Waals surface area contributed by atoms with Crippen molar-refractivity contribution in [3.05, 3.63) is 36.5 Å². The van der Waals surface area contributed by atoms with Crippen LogP contribution in [0.2, 0.25) is 0 Å². The van der Waals surface area contributed by atoms with Gasteiger partial charge in [0.15, 0.2) is 0 Å². The molecule has 0 spiro atoms. The molecule has 1 rings (SSSR count). The van der Waals surface area contributed by atoms with Crippen molar-refractivity contribution in [2.45, 2.75) is 44.9 Å². The normalized spacial score (nSPS) is 20.3. The van der Waals surface area contributed by atoms with Crippen molar-refractivity contribution in [3.63, 3.8) is 0 Å². The maximum atomic E-state index is 3.29. The molecule has 0 aliphatic heterocycles. The van der Waals surface area contributed by atoms with Gasteiger partial charge in [0.05, 0.1) is 0 Å². The topological polar surface area (TPSA) is 0 Å². The van der Waals surface area contributed by atoms with Crippen LogP contribution in [0.1, 0.15) is 44.9 Å². The quantitative estimate of drug-likeness (QED) is 0.484. The fourth-order valence-electron chi connectivity index (χ4n) is 1.41. The Bertz CT molecular complexity index is 164. The molecule has 0 nitrogen and oxygen atoms in total. The van der Waals surface area contributed by atoms with E-state index in [-0.39, 0.29) is 0 Å². The Morgan fingerprint density at radius 3 is 2.62 bits per heavy atom. The second-order valence-electron chi connectivity index (χ2n) is 3.43. The molecule has 1 radical (unpaired) electrons. The third-order valence-corrected chi connectivity index (χ3v) is 2.20. The Morgan fingerprint density at radius 1 is 0.769 bits per heavy atom. The van der Waals surface area contributed by atoms with E-state index in [4.69, 9.17) is 0 Å². The Hall–Kier alpha value is -0.780. The summed E-state index contributed by atoms with van der Waals surface area (Å²) in [5.41, 5.74) is 0. The van der Waals surface area contributed by atoms with Crippen molar-refractivity contribution in [1.29, 1.82) is 0 Å². The van der Waals surface area contributed by atoms with Crippen LogP contribution in [0.3, 0.4) is 0 Å². The van der Waals surface area contributed by atoms with Gasteiger partial charge in [-0.2, -0.15) is 0 Å². The molecule has 71 valence electrons. The smallest absolute Gasteiger partial charge is 0.00978 e. The molecule has 0 amide bonds. The molecule has 0 saturated carbocycles. The highest BCUT2D eigenvalue weighted by molar-refractivity contribution is 4.95. The first kappa shape index (κ1) is 10.3. The van der Waals surface area contributed by atoms with Crippen molar-refractivity contribution >= 4 is 0 Å². The zero-order valence-corrected chi connectivity index (χ0v) is 8.34. The summed E-state index contributed by atoms with van der Waals surface area (Å²) in [6, 6.07) is 0. The summed E-state index contributed by atoms with van der Waals surface area (Å²) < 4.78 is 0. The molecule has 1 aliphatic rings. The lowest BCUT2D eigenvalue weighted by Gasteiger charge is -1.94. The van der Waals surface area contributed by atoms with Gasteiger partial charge in [0.1, 0.15) is 0 Å². The van der Waals surface area contributed by atoms with Gasteiger partial charge in [0.25, 0.3) is 0 Å². The van der Waals surface area contributed by atoms with Crippen molar-refractivity contribution in [2.24, 2.45) is 0 Å². The number of hydrogen-bond donors (Lipinski definition) is 0. The van der Waals surface area contributed by atoms with Crippen molar-refractivity contribution in [3.8, 4) is 0 Å². The van der Waals surface area contributed by atoms with Gasteiger partial charge in [-0.15, -0.1) is 0 Å². The molecule has 1 aliphatic carbocycles. The Balaban J connectivity index is 2.28. The minimum atomic E-state index is 0.980. The van der Waals surface area contributed by atoms with E-state index in [2.05, 4.69) is 36.5 Å². The largest absolute Gasteiger partial charge is 0.0882 e. The first-order valence-electron chi connectivity index (χ1n) is 5.35. The summed E-state index contributed by atoms with van der Waals surface area (Å²) in [6.07, 6.45) is 23.0. The predicted octanol–water partition coefficient (Wildman–Crippen LogP) is 4.20. The van der Waals surface area contributed by atoms with Crippen LogP contribution in [0.25, 0.3) is 0 Å². The SMILES string of the molecule is [C]1=CCCCCCC=CCC=CC1. The van der Waals surface area contributed by atoms with E-state index in [1.165, 1.54) is 32.1 Å². The van der Waals surface area contributed by atoms with E-state index < -0.39 is 0 Å². The van der Waals surface area contributed by atoms with Crippen LogP contribution in [0, 0.1) is 6.08 Å². The Morgan fingerprint density at radius 2 is 1.62 bits per heavy atom. The van der Waals surface area contributed by atoms with E-state index >= 15 is 0 Å². The molecule has 0 N–H and O–H groups in total. The summed E-state index contributed by atoms with van der Waals surface area (Å²) in [4.78, 5) is 0. The summed E-state index contributed by atoms with van der Waals surface area (Å²) >= 11 is 0. The summed E-state index contributed by atoms with van der Waals surface area (Å²) in [5, 5.41) is 0. The number of allylic oxidation sites excluding steroid dienone is 6. The molecule has 0 aromatic rings. The molecule has 0 saturated heterocycles. The minimum Gasteiger partial charge on any atom is -0.0882 e. The second-order valence-corrected chi connectivity index (χ2v) is 3.43. The Kier molecular flexibility index (Phi) is 6.22. The molecule has 0 aromatic heterocycles. The zero-order valence-electron chi connectivity index (χ0n) is 8.34. The average molecular weight is 175 g/mol. The van der Waals surface area contributed by atoms with Crippen LogP contribution in [0.5, 0.6) is 0 Å². The average Bonchev–Trinajstić information content (AvgIpc) is 2.18. The van der Waals surface area contributed by atoms with Gasteiger partial charge < -0.3 is 0 Å². The third-order valence-electron chi connectivity index (χ3n) is 2.20. The van der Waals surface area contributed by atoms with E-state index in [1.54, 1.807) is 0 Å². The Labute approximate surface area is 82.0 Å². The summed E-state index contributed by atoms with van der Waals surface area (Å²) in [5.74, 6) is 0. The molecule has 0 aromatic carbocycles. The van der Waals surface area contributed by atoms with Gasteiger partial charge in [-0.25, -0.2) is 0 Å². The van der Waals surface area contributed by atoms with Crippen molar-refractivity contribution in [1.82, 2.24) is 0 Å². The van der Waals surface area contributed by atoms with Gasteiger partial charge in [0, 0.05) is 0 Å². The van der Waals surface area contributed by atoms with Crippen LogP contribution in [-0.4, -0.2) is 0 Å². The highest BCUT2D eigenvalue weighted by Crippen LogP contribution is 2.05. The first-order valence-corrected chi connectivity index (χ1v) is 5.35. The molecule has 0 atom stereocenters. The lowest BCUT2D eigenvalue weighted by Crippen LogP contribution is -1.74. The predicted molar refractivity (Wildman–Crippen MR) is 58.4 cm³/mol. The van der Waals surface area contributed by atoms with Crippen LogP contribution in [0.4, 0.5) is 0 Å². The van der Waals surface area contributed by atoms with Gasteiger partial charge in [0.2, 0.25) is 0 Å². The summed E-state index contributed by atoms with van der Waals surface area (Å²) in [6.45, 7) is 0. The highest BCUT2D eigenvalue weighted by Gasteiger charge is 1.86. The van der Waals surface area contributed by atoms with Crippen molar-refractivity contribution in [2.75, 3.05) is 0 Å². The third kappa shape index (κ3) is 6.39. The van der Waals surface area contributed by atoms with E-state index in [0.717, 1.165) is 12.8 Å². The fraction of sp³-hybridized carbons (Fsp3) is 0.538. The van der Waals surface area contributed by atoms with E-state index in [9.17, 15) is 0 Å². The molecule has 0 heterocycles. The lowest BCUT2D eigenvalue weighted by atomic mass is 10.1. The van der Waals surface area contributed by atoms with E-state index in [1.807, 2.05) is 0 Å². The molecule has 0 unspecified atom stereocenters. The van der Waals surface area contributed by atoms with Gasteiger partial charge in [-0.05, 0) is 44.6 Å². The van der Waals surface area contributed by atoms with Gasteiger partial charge in [-0.1, -0.05) is 36.8 Å². The highest BCUT2D eigenvalue weighted by atomic mass is 13.9. The monoisotopic (exact) mass is 175 g/mol. The summed E-state index contributed by atoms with van der Waals surface area (Å²) in [7, 11) is 0. The second kappa shape index (κ2) is 7.85. The number of rotatable bonds is 0. The molecule has 13 heavy (non-hydrogen) atoms. The molecular weight excluding hydrogens is 156 g/mol. The van der Waals surface area contributed by atoms with Crippen LogP contribution < -0.4 is 0 Å². The van der Waals surface area contributed by atoms with Crippen LogP contribution >= 0.6 is 0 Å². The molecule has 0 heteroatoms. The molecule has 0 bridgehead atoms. The molecule has 0 fully saturated rings. The standard InChI is InChI=1S/C13H19/c1-2-4-6-8-10-12-13-11-9-7-5-3-1/h1-2,5,7,13H,3-4,6,8-10,12H2. The fourth-order valence-corrected chi connectivity index (χ4v) is 1.41. The molecular formula is C13H19. The van der Waals surface area contributed by atoms with Crippen LogP contribution in [0.15, 0.2) is 30.4 Å². The van der Waals surface area contributed by atoms with Gasteiger partial charge >= 0.3 is 0 Å². The lowest BCUT2D eigenvalue weighted by molar-refractivity contribution is 0.695. The number of hydrogen-bond acceptors (Lipinski definition) is 0. The first-order chi connectivity index (χ1) is 6.50. The van der Waals surface area contributed by atoms with Crippen molar-refractivity contribution < 1.29 is 0 Å². The van der Waals surface area contributed by atoms with E-state index in [0.29, 0.717) is 0 Å². The minimum absolute atomic E-state index is 0.980.